The molecule has 0 aromatic heterocycles. The molecule has 20 heavy (non-hydrogen) atoms. The number of nitrogens with two attached hydrogens (primary N) is 1. The van der Waals surface area contributed by atoms with Gasteiger partial charge in [-0.3, -0.25) is 4.79 Å². The van der Waals surface area contributed by atoms with Crippen LogP contribution in [-0.2, 0) is 11.3 Å². The van der Waals surface area contributed by atoms with Crippen LogP contribution in [-0.4, -0.2) is 29.5 Å². The predicted molar refractivity (Wildman–Crippen MR) is 76.8 cm³/mol. The van der Waals surface area contributed by atoms with Crippen LogP contribution < -0.4 is 16.4 Å². The summed E-state index contributed by atoms with van der Waals surface area (Å²) in [6, 6.07) is 4.97. The summed E-state index contributed by atoms with van der Waals surface area (Å²) < 4.78 is 0. The number of piperidine rings is 1. The van der Waals surface area contributed by atoms with Crippen molar-refractivity contribution in [1.82, 2.24) is 10.6 Å². The van der Waals surface area contributed by atoms with E-state index in [1.54, 1.807) is 18.2 Å². The summed E-state index contributed by atoms with van der Waals surface area (Å²) >= 11 is 6.15. The van der Waals surface area contributed by atoms with E-state index in [2.05, 4.69) is 15.8 Å². The van der Waals surface area contributed by atoms with Gasteiger partial charge in [-0.2, -0.15) is 0 Å². The Labute approximate surface area is 122 Å². The zero-order valence-electron chi connectivity index (χ0n) is 10.9. The smallest absolute Gasteiger partial charge is 0.237 e. The van der Waals surface area contributed by atoms with E-state index in [0.717, 1.165) is 24.9 Å². The number of amidine groups is 1. The highest BCUT2D eigenvalue weighted by Crippen LogP contribution is 2.18. The van der Waals surface area contributed by atoms with Gasteiger partial charge in [-0.1, -0.05) is 28.9 Å². The second-order valence-electron chi connectivity index (χ2n) is 4.66. The lowest BCUT2D eigenvalue weighted by Gasteiger charge is -2.23. The van der Waals surface area contributed by atoms with Crippen LogP contribution in [0.15, 0.2) is 23.4 Å². The summed E-state index contributed by atoms with van der Waals surface area (Å²) in [7, 11) is 0. The molecular formula is C13H17ClN4O2. The Balaban J connectivity index is 2.01. The number of halogens is 1. The zero-order valence-corrected chi connectivity index (χ0v) is 11.7. The number of carbonyl (C=O) groups excluding carboxylic acids is 1. The highest BCUT2D eigenvalue weighted by molar-refractivity contribution is 6.31. The van der Waals surface area contributed by atoms with E-state index < -0.39 is 0 Å². The van der Waals surface area contributed by atoms with Crippen LogP contribution in [0.3, 0.4) is 0 Å². The molecule has 1 fully saturated rings. The third-order valence-electron chi connectivity index (χ3n) is 3.28. The lowest BCUT2D eigenvalue weighted by atomic mass is 10.1. The molecule has 1 amide bonds. The number of rotatable bonds is 4. The van der Waals surface area contributed by atoms with Gasteiger partial charge in [0.2, 0.25) is 5.91 Å². The number of amides is 1. The van der Waals surface area contributed by atoms with Gasteiger partial charge in [-0.05, 0) is 24.5 Å². The molecule has 0 aliphatic carbocycles. The number of nitrogens with zero attached hydrogens (tertiary/aromatic N) is 1. The zero-order chi connectivity index (χ0) is 14.5. The summed E-state index contributed by atoms with van der Waals surface area (Å²) in [4.78, 5) is 11.6. The van der Waals surface area contributed by atoms with Crippen LogP contribution in [0.1, 0.15) is 24.0 Å². The van der Waals surface area contributed by atoms with Crippen molar-refractivity contribution in [1.29, 1.82) is 0 Å². The minimum absolute atomic E-state index is 0.0121. The topological polar surface area (TPSA) is 99.7 Å². The van der Waals surface area contributed by atoms with Gasteiger partial charge in [-0.25, -0.2) is 0 Å². The monoisotopic (exact) mass is 296 g/mol. The summed E-state index contributed by atoms with van der Waals surface area (Å²) in [6.07, 6.45) is 1.80. The van der Waals surface area contributed by atoms with Crippen LogP contribution in [0.5, 0.6) is 0 Å². The number of hydrogen-bond donors (Lipinski definition) is 4. The first-order valence-corrected chi connectivity index (χ1v) is 6.77. The average Bonchev–Trinajstić information content (AvgIpc) is 2.46. The van der Waals surface area contributed by atoms with Crippen LogP contribution in [0.25, 0.3) is 0 Å². The number of hydrogen-bond acceptors (Lipinski definition) is 4. The quantitative estimate of drug-likeness (QED) is 0.286. The fourth-order valence-electron chi connectivity index (χ4n) is 2.11. The molecule has 0 saturated carbocycles. The van der Waals surface area contributed by atoms with Crippen molar-refractivity contribution in [2.75, 3.05) is 6.54 Å². The van der Waals surface area contributed by atoms with Crippen molar-refractivity contribution >= 4 is 23.3 Å². The standard InChI is InChI=1S/C13H17ClN4O2/c14-10-6-8(12(15)18-20)3-4-9(10)7-17-11-2-1-5-16-13(11)19/h3-4,6,11,17,20H,1-2,5,7H2,(H2,15,18)(H,16,19). The fraction of sp³-hybridized carbons (Fsp3) is 0.385. The molecule has 6 nitrogen and oxygen atoms in total. The number of benzene rings is 1. The van der Waals surface area contributed by atoms with Gasteiger partial charge < -0.3 is 21.6 Å². The molecule has 5 N–H and O–H groups in total. The van der Waals surface area contributed by atoms with Gasteiger partial charge in [0, 0.05) is 23.7 Å². The first-order chi connectivity index (χ1) is 9.61. The van der Waals surface area contributed by atoms with Gasteiger partial charge in [0.15, 0.2) is 5.84 Å². The van der Waals surface area contributed by atoms with Crippen molar-refractivity contribution in [3.63, 3.8) is 0 Å². The molecule has 1 unspecified atom stereocenters. The fourth-order valence-corrected chi connectivity index (χ4v) is 2.36. The predicted octanol–water partition coefficient (Wildman–Crippen LogP) is 0.803. The van der Waals surface area contributed by atoms with E-state index in [1.807, 2.05) is 0 Å². The molecule has 0 spiro atoms. The highest BCUT2D eigenvalue weighted by atomic mass is 35.5. The Hall–Kier alpha value is -1.79. The maximum Gasteiger partial charge on any atom is 0.237 e. The van der Waals surface area contributed by atoms with Crippen molar-refractivity contribution in [3.05, 3.63) is 34.3 Å². The second-order valence-corrected chi connectivity index (χ2v) is 5.07. The molecule has 1 saturated heterocycles. The molecule has 2 rings (SSSR count). The Morgan fingerprint density at radius 2 is 2.40 bits per heavy atom. The number of carbonyl (C=O) groups is 1. The average molecular weight is 297 g/mol. The molecule has 7 heteroatoms. The van der Waals surface area contributed by atoms with E-state index in [-0.39, 0.29) is 17.8 Å². The van der Waals surface area contributed by atoms with Gasteiger partial charge in [-0.15, -0.1) is 0 Å². The van der Waals surface area contributed by atoms with Gasteiger partial charge in [0.25, 0.3) is 0 Å². The van der Waals surface area contributed by atoms with Crippen molar-refractivity contribution in [2.24, 2.45) is 10.9 Å². The minimum atomic E-state index is -0.177. The van der Waals surface area contributed by atoms with Gasteiger partial charge >= 0.3 is 0 Å². The Morgan fingerprint density at radius 1 is 1.60 bits per heavy atom. The van der Waals surface area contributed by atoms with E-state index in [4.69, 9.17) is 22.5 Å². The Bertz CT molecular complexity index is 533. The Morgan fingerprint density at radius 3 is 3.05 bits per heavy atom. The van der Waals surface area contributed by atoms with Crippen LogP contribution in [0.2, 0.25) is 5.02 Å². The molecule has 1 atom stereocenters. The molecule has 0 bridgehead atoms. The lowest BCUT2D eigenvalue weighted by molar-refractivity contribution is -0.124. The normalized spacial score (nSPS) is 19.8. The molecule has 1 aliphatic rings. The molecule has 0 radical (unpaired) electrons. The molecule has 1 heterocycles. The number of nitrogens with one attached hydrogen (secondary N) is 2. The van der Waals surface area contributed by atoms with Crippen molar-refractivity contribution in [2.45, 2.75) is 25.4 Å². The largest absolute Gasteiger partial charge is 0.409 e. The molecule has 1 aromatic carbocycles. The van der Waals surface area contributed by atoms with E-state index >= 15 is 0 Å². The Kier molecular flexibility index (Phi) is 4.81. The highest BCUT2D eigenvalue weighted by Gasteiger charge is 2.21. The summed E-state index contributed by atoms with van der Waals surface area (Å²) in [5.74, 6) is 0.0405. The molecule has 1 aromatic rings. The summed E-state index contributed by atoms with van der Waals surface area (Å²) in [5, 5.41) is 18.1. The molecular weight excluding hydrogens is 280 g/mol. The lowest BCUT2D eigenvalue weighted by Crippen LogP contribution is -2.47. The maximum atomic E-state index is 11.6. The van der Waals surface area contributed by atoms with Crippen molar-refractivity contribution in [3.8, 4) is 0 Å². The summed E-state index contributed by atoms with van der Waals surface area (Å²) in [5.41, 5.74) is 6.91. The third-order valence-corrected chi connectivity index (χ3v) is 3.63. The van der Waals surface area contributed by atoms with Gasteiger partial charge in [0.05, 0.1) is 6.04 Å². The molecule has 1 aliphatic heterocycles. The van der Waals surface area contributed by atoms with E-state index in [0.29, 0.717) is 17.1 Å². The third kappa shape index (κ3) is 3.40. The van der Waals surface area contributed by atoms with Crippen molar-refractivity contribution < 1.29 is 10.0 Å². The second kappa shape index (κ2) is 6.58. The minimum Gasteiger partial charge on any atom is -0.409 e. The van der Waals surface area contributed by atoms with Crippen LogP contribution >= 0.6 is 11.6 Å². The maximum absolute atomic E-state index is 11.6. The first kappa shape index (κ1) is 14.6. The van der Waals surface area contributed by atoms with E-state index in [1.165, 1.54) is 0 Å². The van der Waals surface area contributed by atoms with Crippen LogP contribution in [0.4, 0.5) is 0 Å². The molecule has 108 valence electrons. The number of oxime groups is 1. The van der Waals surface area contributed by atoms with E-state index in [9.17, 15) is 4.79 Å². The SMILES string of the molecule is N/C(=N/O)c1ccc(CNC2CCCNC2=O)c(Cl)c1. The van der Waals surface area contributed by atoms with Crippen LogP contribution in [0, 0.1) is 0 Å². The van der Waals surface area contributed by atoms with Gasteiger partial charge in [0.1, 0.15) is 0 Å². The summed E-state index contributed by atoms with van der Waals surface area (Å²) in [6.45, 7) is 1.24. The first-order valence-electron chi connectivity index (χ1n) is 6.39.